The molecule has 0 aliphatic carbocycles. The molecular formula is C3H4INS. The Kier molecular flexibility index (Phi) is 1.64. The molecule has 0 amide bonds. The molecule has 1 heterocycles. The van der Waals surface area contributed by atoms with Crippen molar-refractivity contribution in [3.8, 4) is 0 Å². The van der Waals surface area contributed by atoms with Crippen LogP contribution in [0, 0.1) is 0 Å². The molecule has 1 atom stereocenters. The number of hydrogen-bond donors (Lipinski definition) is 1. The molecule has 0 fully saturated rings. The highest BCUT2D eigenvalue weighted by Gasteiger charge is 2.00. The number of thioether (sulfide) groups is 1. The molecule has 1 aliphatic heterocycles. The Balaban J connectivity index is 2.32. The van der Waals surface area contributed by atoms with E-state index in [-0.39, 0.29) is 0 Å². The van der Waals surface area contributed by atoms with Gasteiger partial charge in [0.15, 0.2) is 0 Å². The van der Waals surface area contributed by atoms with Crippen molar-refractivity contribution in [2.45, 2.75) is 3.38 Å². The molecule has 0 aromatic rings. The molecule has 3 heteroatoms. The van der Waals surface area contributed by atoms with E-state index in [4.69, 9.17) is 0 Å². The largest absolute Gasteiger partial charge is 0.370 e. The SMILES string of the molecule is IC1NC=CS1. The Labute approximate surface area is 54.7 Å². The van der Waals surface area contributed by atoms with Gasteiger partial charge in [0, 0.05) is 6.20 Å². The van der Waals surface area contributed by atoms with Crippen molar-refractivity contribution in [1.82, 2.24) is 5.32 Å². The summed E-state index contributed by atoms with van der Waals surface area (Å²) in [5, 5.41) is 5.14. The number of nitrogens with one attached hydrogen (secondary N) is 1. The van der Waals surface area contributed by atoms with Crippen molar-refractivity contribution >= 4 is 34.4 Å². The lowest BCUT2D eigenvalue weighted by atomic mass is 11.0. The minimum absolute atomic E-state index is 0.572. The molecule has 0 radical (unpaired) electrons. The fraction of sp³-hybridized carbons (Fsp3) is 0.333. The average molecular weight is 213 g/mol. The minimum Gasteiger partial charge on any atom is -0.370 e. The van der Waals surface area contributed by atoms with E-state index in [2.05, 4.69) is 33.3 Å². The smallest absolute Gasteiger partial charge is 0.128 e. The van der Waals surface area contributed by atoms with Crippen molar-refractivity contribution in [2.75, 3.05) is 0 Å². The third-order valence-corrected chi connectivity index (χ3v) is 2.40. The quantitative estimate of drug-likeness (QED) is 0.372. The van der Waals surface area contributed by atoms with Crippen molar-refractivity contribution in [2.24, 2.45) is 0 Å². The first-order valence-corrected chi connectivity index (χ1v) is 3.79. The van der Waals surface area contributed by atoms with Gasteiger partial charge in [-0.25, -0.2) is 0 Å². The fourth-order valence-electron chi connectivity index (χ4n) is 0.262. The maximum Gasteiger partial charge on any atom is 0.128 e. The first-order valence-electron chi connectivity index (χ1n) is 1.60. The van der Waals surface area contributed by atoms with Crippen LogP contribution in [0.2, 0.25) is 0 Å². The number of hydrogen-bond acceptors (Lipinski definition) is 2. The van der Waals surface area contributed by atoms with Crippen LogP contribution >= 0.6 is 34.4 Å². The lowest BCUT2D eigenvalue weighted by molar-refractivity contribution is 1.06. The van der Waals surface area contributed by atoms with E-state index in [0.29, 0.717) is 3.38 Å². The Morgan fingerprint density at radius 3 is 2.83 bits per heavy atom. The molecule has 0 spiro atoms. The maximum atomic E-state index is 3.09. The molecule has 1 unspecified atom stereocenters. The van der Waals surface area contributed by atoms with Crippen LogP contribution < -0.4 is 5.32 Å². The Bertz CT molecular complexity index is 65.2. The van der Waals surface area contributed by atoms with Gasteiger partial charge in [-0.05, 0) is 28.0 Å². The Morgan fingerprint density at radius 1 is 1.83 bits per heavy atom. The van der Waals surface area contributed by atoms with E-state index in [1.165, 1.54) is 0 Å². The van der Waals surface area contributed by atoms with Gasteiger partial charge < -0.3 is 5.32 Å². The zero-order chi connectivity index (χ0) is 4.41. The summed E-state index contributed by atoms with van der Waals surface area (Å²) in [6.45, 7) is 0. The predicted molar refractivity (Wildman–Crippen MR) is 37.7 cm³/mol. The Morgan fingerprint density at radius 2 is 2.67 bits per heavy atom. The number of alkyl halides is 1. The molecule has 0 saturated heterocycles. The van der Waals surface area contributed by atoms with E-state index in [1.807, 2.05) is 6.20 Å². The molecule has 0 bridgehead atoms. The molecule has 1 N–H and O–H groups in total. The first-order chi connectivity index (χ1) is 2.89. The van der Waals surface area contributed by atoms with Gasteiger partial charge in [0.1, 0.15) is 3.38 Å². The molecular weight excluding hydrogens is 209 g/mol. The first kappa shape index (κ1) is 4.77. The standard InChI is InChI=1S/C3H4INS/c4-3-5-1-2-6-3/h1-3,5H. The van der Waals surface area contributed by atoms with Gasteiger partial charge in [0.05, 0.1) is 0 Å². The zero-order valence-electron chi connectivity index (χ0n) is 3.02. The van der Waals surface area contributed by atoms with Gasteiger partial charge in [-0.2, -0.15) is 0 Å². The summed E-state index contributed by atoms with van der Waals surface area (Å²) >= 11 is 4.11. The van der Waals surface area contributed by atoms with Crippen molar-refractivity contribution in [1.29, 1.82) is 0 Å². The molecule has 1 aliphatic rings. The average Bonchev–Trinajstić information content (AvgIpc) is 1.86. The van der Waals surface area contributed by atoms with Crippen LogP contribution in [0.3, 0.4) is 0 Å². The van der Waals surface area contributed by atoms with Gasteiger partial charge in [-0.15, -0.1) is 0 Å². The van der Waals surface area contributed by atoms with Crippen LogP contribution in [-0.4, -0.2) is 3.38 Å². The van der Waals surface area contributed by atoms with Crippen molar-refractivity contribution in [3.63, 3.8) is 0 Å². The van der Waals surface area contributed by atoms with Crippen LogP contribution in [0.25, 0.3) is 0 Å². The van der Waals surface area contributed by atoms with E-state index in [1.54, 1.807) is 11.8 Å². The van der Waals surface area contributed by atoms with E-state index < -0.39 is 0 Å². The van der Waals surface area contributed by atoms with Gasteiger partial charge in [-0.3, -0.25) is 0 Å². The topological polar surface area (TPSA) is 12.0 Å². The molecule has 0 saturated carbocycles. The van der Waals surface area contributed by atoms with E-state index in [9.17, 15) is 0 Å². The third-order valence-electron chi connectivity index (χ3n) is 0.493. The van der Waals surface area contributed by atoms with Gasteiger partial charge in [-0.1, -0.05) is 11.8 Å². The normalized spacial score (nSPS) is 30.5. The van der Waals surface area contributed by atoms with Crippen LogP contribution in [0.15, 0.2) is 11.6 Å². The summed E-state index contributed by atoms with van der Waals surface area (Å²) in [4.78, 5) is 0. The molecule has 34 valence electrons. The number of rotatable bonds is 0. The maximum absolute atomic E-state index is 3.09. The Hall–Kier alpha value is 0.620. The zero-order valence-corrected chi connectivity index (χ0v) is 5.99. The molecule has 1 rings (SSSR count). The molecule has 6 heavy (non-hydrogen) atoms. The van der Waals surface area contributed by atoms with Crippen LogP contribution in [0.1, 0.15) is 0 Å². The van der Waals surface area contributed by atoms with Crippen LogP contribution in [-0.2, 0) is 0 Å². The second-order valence-electron chi connectivity index (χ2n) is 0.922. The summed E-state index contributed by atoms with van der Waals surface area (Å²) < 4.78 is 0.572. The number of halogens is 1. The molecule has 1 nitrogen and oxygen atoms in total. The summed E-state index contributed by atoms with van der Waals surface area (Å²) in [5.41, 5.74) is 0. The summed E-state index contributed by atoms with van der Waals surface area (Å²) in [5.74, 6) is 0. The second-order valence-corrected chi connectivity index (χ2v) is 4.03. The molecule has 0 aromatic heterocycles. The monoisotopic (exact) mass is 213 g/mol. The van der Waals surface area contributed by atoms with E-state index >= 15 is 0 Å². The molecule has 0 aromatic carbocycles. The van der Waals surface area contributed by atoms with Gasteiger partial charge in [0.25, 0.3) is 0 Å². The highest BCUT2D eigenvalue weighted by Crippen LogP contribution is 2.20. The lowest BCUT2D eigenvalue weighted by Gasteiger charge is -1.93. The van der Waals surface area contributed by atoms with Crippen LogP contribution in [0.4, 0.5) is 0 Å². The highest BCUT2D eigenvalue weighted by molar-refractivity contribution is 14.1. The van der Waals surface area contributed by atoms with Crippen molar-refractivity contribution < 1.29 is 0 Å². The van der Waals surface area contributed by atoms with Crippen LogP contribution in [0.5, 0.6) is 0 Å². The minimum atomic E-state index is 0.572. The fourth-order valence-corrected chi connectivity index (χ4v) is 1.43. The lowest BCUT2D eigenvalue weighted by Crippen LogP contribution is -2.05. The predicted octanol–water partition coefficient (Wildman–Crippen LogP) is 1.51. The van der Waals surface area contributed by atoms with Crippen molar-refractivity contribution in [3.05, 3.63) is 11.6 Å². The summed E-state index contributed by atoms with van der Waals surface area (Å²) in [7, 11) is 0. The summed E-state index contributed by atoms with van der Waals surface area (Å²) in [6, 6.07) is 0. The van der Waals surface area contributed by atoms with Gasteiger partial charge in [0.2, 0.25) is 0 Å². The summed E-state index contributed by atoms with van der Waals surface area (Å²) in [6.07, 6.45) is 1.96. The van der Waals surface area contributed by atoms with Gasteiger partial charge >= 0.3 is 0 Å². The van der Waals surface area contributed by atoms with E-state index in [0.717, 1.165) is 0 Å². The third kappa shape index (κ3) is 1.04. The second kappa shape index (κ2) is 2.07. The highest BCUT2D eigenvalue weighted by atomic mass is 127.